The summed E-state index contributed by atoms with van der Waals surface area (Å²) >= 11 is 0. The first-order valence-corrected chi connectivity index (χ1v) is 4.07. The van der Waals surface area contributed by atoms with E-state index in [1.54, 1.807) is 24.5 Å². The quantitative estimate of drug-likeness (QED) is 0.666. The van der Waals surface area contributed by atoms with Gasteiger partial charge in [-0.3, -0.25) is 0 Å². The Bertz CT molecular complexity index is 443. The topological polar surface area (TPSA) is 66.2 Å². The van der Waals surface area contributed by atoms with E-state index < -0.39 is 0 Å². The Labute approximate surface area is 80.5 Å². The van der Waals surface area contributed by atoms with Crippen LogP contribution < -0.4 is 0 Å². The van der Waals surface area contributed by atoms with Crippen LogP contribution in [0.25, 0.3) is 11.4 Å². The van der Waals surface area contributed by atoms with Gasteiger partial charge in [0.15, 0.2) is 17.3 Å². The zero-order valence-electron chi connectivity index (χ0n) is 7.25. The van der Waals surface area contributed by atoms with E-state index in [0.29, 0.717) is 11.4 Å². The Balaban J connectivity index is 2.48. The highest BCUT2D eigenvalue weighted by molar-refractivity contribution is 5.59. The number of nitrogens with zero attached hydrogens (tertiary/aromatic N) is 2. The van der Waals surface area contributed by atoms with Gasteiger partial charge in [0, 0.05) is 18.0 Å². The SMILES string of the molecule is Oc1ccc(-c2ncccn2)cc1O. The van der Waals surface area contributed by atoms with Gasteiger partial charge in [-0.05, 0) is 24.3 Å². The summed E-state index contributed by atoms with van der Waals surface area (Å²) < 4.78 is 0. The van der Waals surface area contributed by atoms with Gasteiger partial charge in [0.1, 0.15) is 0 Å². The summed E-state index contributed by atoms with van der Waals surface area (Å²) in [6.45, 7) is 0. The molecule has 1 aromatic heterocycles. The van der Waals surface area contributed by atoms with Gasteiger partial charge in [0.2, 0.25) is 0 Å². The van der Waals surface area contributed by atoms with Crippen molar-refractivity contribution in [2.45, 2.75) is 0 Å². The second kappa shape index (κ2) is 3.33. The average Bonchev–Trinajstić information content (AvgIpc) is 2.23. The first-order chi connectivity index (χ1) is 6.77. The number of hydrogen-bond acceptors (Lipinski definition) is 4. The maximum atomic E-state index is 9.26. The molecule has 4 nitrogen and oxygen atoms in total. The summed E-state index contributed by atoms with van der Waals surface area (Å²) in [6.07, 6.45) is 3.23. The van der Waals surface area contributed by atoms with Crippen molar-refractivity contribution in [3.05, 3.63) is 36.7 Å². The molecule has 0 bridgehead atoms. The first-order valence-electron chi connectivity index (χ1n) is 4.07. The highest BCUT2D eigenvalue weighted by Crippen LogP contribution is 2.28. The van der Waals surface area contributed by atoms with Gasteiger partial charge < -0.3 is 10.2 Å². The Morgan fingerprint density at radius 3 is 2.29 bits per heavy atom. The van der Waals surface area contributed by atoms with E-state index >= 15 is 0 Å². The fraction of sp³-hybridized carbons (Fsp3) is 0. The Morgan fingerprint density at radius 2 is 1.64 bits per heavy atom. The van der Waals surface area contributed by atoms with Gasteiger partial charge >= 0.3 is 0 Å². The van der Waals surface area contributed by atoms with E-state index in [9.17, 15) is 5.11 Å². The lowest BCUT2D eigenvalue weighted by Crippen LogP contribution is -1.85. The van der Waals surface area contributed by atoms with Crippen LogP contribution in [0, 0.1) is 0 Å². The second-order valence-electron chi connectivity index (χ2n) is 2.78. The van der Waals surface area contributed by atoms with Crippen LogP contribution in [0.4, 0.5) is 0 Å². The van der Waals surface area contributed by atoms with Crippen LogP contribution in [0.3, 0.4) is 0 Å². The third kappa shape index (κ3) is 1.50. The molecule has 0 saturated carbocycles. The van der Waals surface area contributed by atoms with Crippen LogP contribution in [-0.2, 0) is 0 Å². The molecule has 0 radical (unpaired) electrons. The minimum Gasteiger partial charge on any atom is -0.504 e. The normalized spacial score (nSPS) is 10.0. The van der Waals surface area contributed by atoms with Crippen molar-refractivity contribution < 1.29 is 10.2 Å². The van der Waals surface area contributed by atoms with E-state index in [1.807, 2.05) is 0 Å². The van der Waals surface area contributed by atoms with Crippen molar-refractivity contribution in [3.63, 3.8) is 0 Å². The van der Waals surface area contributed by atoms with Gasteiger partial charge in [0.05, 0.1) is 0 Å². The molecule has 2 N–H and O–H groups in total. The molecule has 0 fully saturated rings. The third-order valence-electron chi connectivity index (χ3n) is 1.80. The summed E-state index contributed by atoms with van der Waals surface area (Å²) in [4.78, 5) is 8.03. The zero-order chi connectivity index (χ0) is 9.97. The largest absolute Gasteiger partial charge is 0.504 e. The smallest absolute Gasteiger partial charge is 0.159 e. The third-order valence-corrected chi connectivity index (χ3v) is 1.80. The number of rotatable bonds is 1. The molecule has 70 valence electrons. The van der Waals surface area contributed by atoms with E-state index in [4.69, 9.17) is 5.11 Å². The molecule has 0 aliphatic carbocycles. The van der Waals surface area contributed by atoms with Crippen LogP contribution in [0.1, 0.15) is 0 Å². The van der Waals surface area contributed by atoms with Gasteiger partial charge in [-0.1, -0.05) is 0 Å². The van der Waals surface area contributed by atoms with Gasteiger partial charge in [-0.2, -0.15) is 0 Å². The predicted octanol–water partition coefficient (Wildman–Crippen LogP) is 1.55. The minimum atomic E-state index is -0.171. The van der Waals surface area contributed by atoms with Crippen molar-refractivity contribution in [1.82, 2.24) is 9.97 Å². The monoisotopic (exact) mass is 188 g/mol. The van der Waals surface area contributed by atoms with Gasteiger partial charge in [0.25, 0.3) is 0 Å². The Hall–Kier alpha value is -2.10. The lowest BCUT2D eigenvalue weighted by atomic mass is 10.2. The van der Waals surface area contributed by atoms with Crippen LogP contribution in [-0.4, -0.2) is 20.2 Å². The molecule has 0 spiro atoms. The summed E-state index contributed by atoms with van der Waals surface area (Å²) in [5, 5.41) is 18.4. The standard InChI is InChI=1S/C10H8N2O2/c13-8-3-2-7(6-9(8)14)10-11-4-1-5-12-10/h1-6,13-14H. The van der Waals surface area contributed by atoms with E-state index in [2.05, 4.69) is 9.97 Å². The maximum Gasteiger partial charge on any atom is 0.159 e. The molecule has 14 heavy (non-hydrogen) atoms. The van der Waals surface area contributed by atoms with Crippen molar-refractivity contribution in [2.75, 3.05) is 0 Å². The Kier molecular flexibility index (Phi) is 2.02. The number of phenols is 2. The summed E-state index contributed by atoms with van der Waals surface area (Å²) in [5.74, 6) is 0.197. The molecule has 2 rings (SSSR count). The molecule has 0 unspecified atom stereocenters. The predicted molar refractivity (Wildman–Crippen MR) is 50.8 cm³/mol. The molecule has 0 aliphatic rings. The maximum absolute atomic E-state index is 9.26. The number of aromatic hydroxyl groups is 2. The first kappa shape index (κ1) is 8.50. The van der Waals surface area contributed by atoms with Crippen molar-refractivity contribution >= 4 is 0 Å². The average molecular weight is 188 g/mol. The molecule has 0 saturated heterocycles. The number of phenolic OH excluding ortho intramolecular Hbond substituents is 2. The van der Waals surface area contributed by atoms with Crippen molar-refractivity contribution in [1.29, 1.82) is 0 Å². The van der Waals surface area contributed by atoms with Crippen LogP contribution in [0.5, 0.6) is 11.5 Å². The van der Waals surface area contributed by atoms with E-state index in [-0.39, 0.29) is 11.5 Å². The molecule has 0 amide bonds. The summed E-state index contributed by atoms with van der Waals surface area (Å²) in [6, 6.07) is 6.18. The molecule has 0 aliphatic heterocycles. The fourth-order valence-electron chi connectivity index (χ4n) is 1.11. The molecular weight excluding hydrogens is 180 g/mol. The lowest BCUT2D eigenvalue weighted by molar-refractivity contribution is 0.404. The molecule has 0 atom stereocenters. The van der Waals surface area contributed by atoms with Crippen LogP contribution in [0.15, 0.2) is 36.7 Å². The fourth-order valence-corrected chi connectivity index (χ4v) is 1.11. The highest BCUT2D eigenvalue weighted by Gasteiger charge is 2.03. The summed E-state index contributed by atoms with van der Waals surface area (Å²) in [7, 11) is 0. The number of aromatic nitrogens is 2. The second-order valence-corrected chi connectivity index (χ2v) is 2.78. The lowest BCUT2D eigenvalue weighted by Gasteiger charge is -2.01. The minimum absolute atomic E-state index is 0.148. The van der Waals surface area contributed by atoms with E-state index in [1.165, 1.54) is 12.1 Å². The van der Waals surface area contributed by atoms with Gasteiger partial charge in [-0.15, -0.1) is 0 Å². The molecule has 4 heteroatoms. The van der Waals surface area contributed by atoms with Gasteiger partial charge in [-0.25, -0.2) is 9.97 Å². The summed E-state index contributed by atoms with van der Waals surface area (Å²) in [5.41, 5.74) is 0.668. The molecule has 1 aromatic carbocycles. The molecule has 2 aromatic rings. The van der Waals surface area contributed by atoms with Crippen LogP contribution >= 0.6 is 0 Å². The van der Waals surface area contributed by atoms with Crippen molar-refractivity contribution in [2.24, 2.45) is 0 Å². The molecule has 1 heterocycles. The van der Waals surface area contributed by atoms with E-state index in [0.717, 1.165) is 0 Å². The number of hydrogen-bond donors (Lipinski definition) is 2. The van der Waals surface area contributed by atoms with Crippen LogP contribution in [0.2, 0.25) is 0 Å². The molecular formula is C10H8N2O2. The Morgan fingerprint density at radius 1 is 0.929 bits per heavy atom. The zero-order valence-corrected chi connectivity index (χ0v) is 7.25. The number of benzene rings is 1. The van der Waals surface area contributed by atoms with Crippen molar-refractivity contribution in [3.8, 4) is 22.9 Å². The highest BCUT2D eigenvalue weighted by atomic mass is 16.3.